The third-order valence-corrected chi connectivity index (χ3v) is 5.76. The number of hydrogen-bond donors (Lipinski definition) is 2. The van der Waals surface area contributed by atoms with Crippen LogP contribution in [-0.2, 0) is 14.3 Å². The predicted molar refractivity (Wildman–Crippen MR) is 110 cm³/mol. The van der Waals surface area contributed by atoms with Gasteiger partial charge in [-0.3, -0.25) is 9.89 Å². The summed E-state index contributed by atoms with van der Waals surface area (Å²) in [6.07, 6.45) is 2.71. The summed E-state index contributed by atoms with van der Waals surface area (Å²) >= 11 is 0. The number of Topliss-reactive ketones (excluding diaryl/α,β-unsaturated/α-hetero) is 1. The molecule has 0 spiro atoms. The predicted octanol–water partition coefficient (Wildman–Crippen LogP) is 3.99. The fourth-order valence-electron chi connectivity index (χ4n) is 4.49. The molecule has 0 saturated heterocycles. The van der Waals surface area contributed by atoms with E-state index in [1.165, 1.54) is 19.2 Å². The topological polar surface area (TPSA) is 84.1 Å². The number of nitrogens with zero attached hydrogens (tertiary/aromatic N) is 1. The number of nitrogens with one attached hydrogen (secondary N) is 2. The number of aromatic nitrogens is 2. The molecule has 0 fully saturated rings. The molecule has 2 heterocycles. The number of halogens is 1. The van der Waals surface area contributed by atoms with Gasteiger partial charge in [-0.1, -0.05) is 13.8 Å². The Balaban J connectivity index is 1.92. The minimum absolute atomic E-state index is 0.00101. The molecule has 0 saturated carbocycles. The van der Waals surface area contributed by atoms with Crippen LogP contribution in [0.3, 0.4) is 0 Å². The monoisotopic (exact) mass is 409 g/mol. The van der Waals surface area contributed by atoms with Crippen molar-refractivity contribution in [1.82, 2.24) is 15.5 Å². The van der Waals surface area contributed by atoms with Crippen molar-refractivity contribution in [1.29, 1.82) is 0 Å². The van der Waals surface area contributed by atoms with E-state index in [9.17, 15) is 14.0 Å². The van der Waals surface area contributed by atoms with Gasteiger partial charge in [0.05, 0.1) is 30.5 Å². The van der Waals surface area contributed by atoms with E-state index in [4.69, 9.17) is 4.74 Å². The van der Waals surface area contributed by atoms with Crippen molar-refractivity contribution in [2.45, 2.75) is 39.5 Å². The molecule has 156 valence electrons. The highest BCUT2D eigenvalue weighted by molar-refractivity contribution is 6.04. The van der Waals surface area contributed by atoms with E-state index in [1.54, 1.807) is 18.3 Å². The van der Waals surface area contributed by atoms with Gasteiger partial charge < -0.3 is 10.1 Å². The van der Waals surface area contributed by atoms with Crippen LogP contribution >= 0.6 is 0 Å². The molecular weight excluding hydrogens is 385 g/mol. The fourth-order valence-corrected chi connectivity index (χ4v) is 4.49. The number of ether oxygens (including phenoxy) is 1. The van der Waals surface area contributed by atoms with E-state index in [0.29, 0.717) is 40.9 Å². The maximum absolute atomic E-state index is 13.4. The third kappa shape index (κ3) is 3.34. The lowest BCUT2D eigenvalue weighted by Gasteiger charge is -2.39. The molecule has 2 aromatic rings. The van der Waals surface area contributed by atoms with Crippen molar-refractivity contribution in [3.8, 4) is 11.3 Å². The van der Waals surface area contributed by atoms with Crippen LogP contribution in [0.5, 0.6) is 0 Å². The number of ketones is 1. The number of hydrogen-bond acceptors (Lipinski definition) is 5. The molecule has 1 aliphatic heterocycles. The number of rotatable bonds is 3. The van der Waals surface area contributed by atoms with Gasteiger partial charge in [-0.2, -0.15) is 5.10 Å². The van der Waals surface area contributed by atoms with Gasteiger partial charge in [0.15, 0.2) is 5.78 Å². The minimum Gasteiger partial charge on any atom is -0.466 e. The second-order valence-corrected chi connectivity index (χ2v) is 8.63. The number of esters is 1. The van der Waals surface area contributed by atoms with Crippen molar-refractivity contribution in [2.75, 3.05) is 7.11 Å². The molecule has 1 aromatic heterocycles. The summed E-state index contributed by atoms with van der Waals surface area (Å²) in [5.74, 6) is -1.46. The van der Waals surface area contributed by atoms with E-state index in [-0.39, 0.29) is 17.0 Å². The Hall–Kier alpha value is -3.22. The zero-order valence-electron chi connectivity index (χ0n) is 17.4. The van der Waals surface area contributed by atoms with E-state index in [0.717, 1.165) is 11.3 Å². The number of benzene rings is 1. The van der Waals surface area contributed by atoms with Crippen LogP contribution in [0.25, 0.3) is 11.3 Å². The first-order chi connectivity index (χ1) is 14.2. The SMILES string of the molecule is COC(=O)C1=C(C)NC2=C(C(=O)CC(C)(C)C2)[C@@H]1c1cn[nH]c1-c1ccc(F)cc1. The van der Waals surface area contributed by atoms with Gasteiger partial charge in [0.2, 0.25) is 0 Å². The van der Waals surface area contributed by atoms with Gasteiger partial charge in [0.25, 0.3) is 0 Å². The van der Waals surface area contributed by atoms with E-state index >= 15 is 0 Å². The number of carbonyl (C=O) groups excluding carboxylic acids is 2. The van der Waals surface area contributed by atoms with Gasteiger partial charge in [0.1, 0.15) is 5.82 Å². The highest BCUT2D eigenvalue weighted by Gasteiger charge is 2.44. The first-order valence-corrected chi connectivity index (χ1v) is 9.83. The second kappa shape index (κ2) is 7.23. The van der Waals surface area contributed by atoms with Gasteiger partial charge in [0, 0.05) is 34.5 Å². The Morgan fingerprint density at radius 3 is 2.60 bits per heavy atom. The maximum atomic E-state index is 13.4. The average molecular weight is 409 g/mol. The Bertz CT molecular complexity index is 1090. The first kappa shape index (κ1) is 20.1. The molecule has 4 rings (SSSR count). The van der Waals surface area contributed by atoms with Gasteiger partial charge in [-0.15, -0.1) is 0 Å². The molecule has 0 amide bonds. The van der Waals surface area contributed by atoms with Gasteiger partial charge in [-0.25, -0.2) is 9.18 Å². The molecular formula is C23H24FN3O3. The maximum Gasteiger partial charge on any atom is 0.336 e. The van der Waals surface area contributed by atoms with E-state index in [1.807, 2.05) is 6.92 Å². The lowest BCUT2D eigenvalue weighted by molar-refractivity contribution is -0.136. The summed E-state index contributed by atoms with van der Waals surface area (Å²) < 4.78 is 18.5. The van der Waals surface area contributed by atoms with E-state index in [2.05, 4.69) is 29.4 Å². The Labute approximate surface area is 174 Å². The minimum atomic E-state index is -0.615. The van der Waals surface area contributed by atoms with Crippen LogP contribution in [0, 0.1) is 11.2 Å². The fraction of sp³-hybridized carbons (Fsp3) is 0.348. The summed E-state index contributed by atoms with van der Waals surface area (Å²) in [5.41, 5.74) is 4.31. The van der Waals surface area contributed by atoms with Gasteiger partial charge in [-0.05, 0) is 43.0 Å². The molecule has 0 radical (unpaired) electrons. The molecule has 6 nitrogen and oxygen atoms in total. The molecule has 1 aliphatic carbocycles. The molecule has 0 unspecified atom stereocenters. The summed E-state index contributed by atoms with van der Waals surface area (Å²) in [6.45, 7) is 5.93. The quantitative estimate of drug-likeness (QED) is 0.749. The Morgan fingerprint density at radius 2 is 1.93 bits per heavy atom. The number of allylic oxidation sites excluding steroid dienone is 3. The Morgan fingerprint density at radius 1 is 1.23 bits per heavy atom. The zero-order valence-corrected chi connectivity index (χ0v) is 17.4. The first-order valence-electron chi connectivity index (χ1n) is 9.83. The summed E-state index contributed by atoms with van der Waals surface area (Å²) in [7, 11) is 1.33. The molecule has 30 heavy (non-hydrogen) atoms. The number of methoxy groups -OCH3 is 1. The summed E-state index contributed by atoms with van der Waals surface area (Å²) in [4.78, 5) is 26.0. The highest BCUT2D eigenvalue weighted by Crippen LogP contribution is 2.48. The zero-order chi connectivity index (χ0) is 21.6. The second-order valence-electron chi connectivity index (χ2n) is 8.63. The smallest absolute Gasteiger partial charge is 0.336 e. The normalized spacial score (nSPS) is 20.7. The van der Waals surface area contributed by atoms with Gasteiger partial charge >= 0.3 is 5.97 Å². The summed E-state index contributed by atoms with van der Waals surface area (Å²) in [5, 5.41) is 10.4. The van der Waals surface area contributed by atoms with Crippen LogP contribution in [0.1, 0.15) is 45.1 Å². The molecule has 2 N–H and O–H groups in total. The van der Waals surface area contributed by atoms with Crippen LogP contribution in [0.4, 0.5) is 4.39 Å². The summed E-state index contributed by atoms with van der Waals surface area (Å²) in [6, 6.07) is 6.01. The lowest BCUT2D eigenvalue weighted by atomic mass is 9.68. The van der Waals surface area contributed by atoms with E-state index < -0.39 is 11.9 Å². The Kier molecular flexibility index (Phi) is 4.84. The molecule has 7 heteroatoms. The standard InChI is InChI=1S/C23H24FN3O3/c1-12-18(22(29)30-4)19(20-16(26-12)9-23(2,3)10-17(20)28)15-11-25-27-21(15)13-5-7-14(24)8-6-13/h5-8,11,19,26H,9-10H2,1-4H3,(H,25,27)/t19-/m1/s1. The number of carbonyl (C=O) groups is 2. The van der Waals surface area contributed by atoms with Crippen LogP contribution in [-0.4, -0.2) is 29.1 Å². The molecule has 2 aliphatic rings. The molecule has 1 aromatic carbocycles. The number of aromatic amines is 1. The number of dihydropyridines is 1. The molecule has 1 atom stereocenters. The average Bonchev–Trinajstić information content (AvgIpc) is 3.15. The van der Waals surface area contributed by atoms with Crippen molar-refractivity contribution in [3.63, 3.8) is 0 Å². The van der Waals surface area contributed by atoms with Crippen molar-refractivity contribution in [3.05, 3.63) is 64.4 Å². The van der Waals surface area contributed by atoms with Crippen LogP contribution in [0.15, 0.2) is 53.0 Å². The van der Waals surface area contributed by atoms with Crippen LogP contribution < -0.4 is 5.32 Å². The third-order valence-electron chi connectivity index (χ3n) is 5.76. The largest absolute Gasteiger partial charge is 0.466 e. The molecule has 0 bridgehead atoms. The highest BCUT2D eigenvalue weighted by atomic mass is 19.1. The van der Waals surface area contributed by atoms with Crippen LogP contribution in [0.2, 0.25) is 0 Å². The van der Waals surface area contributed by atoms with Crippen molar-refractivity contribution in [2.24, 2.45) is 5.41 Å². The van der Waals surface area contributed by atoms with Crippen molar-refractivity contribution >= 4 is 11.8 Å². The van der Waals surface area contributed by atoms with Crippen molar-refractivity contribution < 1.29 is 18.7 Å². The number of H-pyrrole nitrogens is 1. The lowest BCUT2D eigenvalue weighted by Crippen LogP contribution is -2.38.